The van der Waals surface area contributed by atoms with Crippen molar-refractivity contribution in [1.82, 2.24) is 4.90 Å². The molecule has 3 rings (SSSR count). The number of rotatable bonds is 3. The Kier molecular flexibility index (Phi) is 2.85. The second-order valence-electron chi connectivity index (χ2n) is 5.73. The van der Waals surface area contributed by atoms with E-state index < -0.39 is 5.60 Å². The summed E-state index contributed by atoms with van der Waals surface area (Å²) in [5.41, 5.74) is -0.489. The molecule has 0 aromatic rings. The minimum Gasteiger partial charge on any atom is -0.390 e. The van der Waals surface area contributed by atoms with Gasteiger partial charge in [0.15, 0.2) is 0 Å². The van der Waals surface area contributed by atoms with Gasteiger partial charge in [-0.15, -0.1) is 0 Å². The lowest BCUT2D eigenvalue weighted by Gasteiger charge is -2.46. The molecule has 1 aliphatic carbocycles. The van der Waals surface area contributed by atoms with Gasteiger partial charge in [-0.1, -0.05) is 0 Å². The van der Waals surface area contributed by atoms with Gasteiger partial charge >= 0.3 is 0 Å². The number of aliphatic hydroxyl groups is 1. The fraction of sp³-hybridized carbons (Fsp3) is 1.00. The molecule has 2 saturated heterocycles. The molecule has 3 fully saturated rings. The van der Waals surface area contributed by atoms with E-state index in [4.69, 9.17) is 0 Å². The molecule has 2 aliphatic heterocycles. The topological polar surface area (TPSA) is 23.5 Å². The van der Waals surface area contributed by atoms with Gasteiger partial charge in [-0.2, -0.15) is 0 Å². The Morgan fingerprint density at radius 3 is 2.29 bits per heavy atom. The van der Waals surface area contributed by atoms with E-state index in [9.17, 15) is 5.11 Å². The largest absolute Gasteiger partial charge is 0.390 e. The van der Waals surface area contributed by atoms with Crippen LogP contribution in [0.4, 0.5) is 0 Å². The summed E-state index contributed by atoms with van der Waals surface area (Å²) >= 11 is 0. The van der Waals surface area contributed by atoms with Crippen molar-refractivity contribution in [3.05, 3.63) is 0 Å². The third-order valence-corrected chi connectivity index (χ3v) is 3.84. The van der Waals surface area contributed by atoms with Gasteiger partial charge in [0.2, 0.25) is 0 Å². The third kappa shape index (κ3) is 2.48. The van der Waals surface area contributed by atoms with Crippen LogP contribution in [0.1, 0.15) is 46.0 Å². The van der Waals surface area contributed by atoms with Crippen LogP contribution in [-0.4, -0.2) is 34.7 Å². The summed E-state index contributed by atoms with van der Waals surface area (Å²) in [5, 5.41) is 9.69. The maximum absolute atomic E-state index is 9.69. The highest BCUT2D eigenvalue weighted by molar-refractivity contribution is 4.88. The molecular weight excluding hydrogens is 174 g/mol. The van der Waals surface area contributed by atoms with Crippen LogP contribution in [-0.2, 0) is 0 Å². The van der Waals surface area contributed by atoms with Crippen molar-refractivity contribution in [2.45, 2.75) is 57.6 Å². The second kappa shape index (κ2) is 3.82. The van der Waals surface area contributed by atoms with Crippen molar-refractivity contribution >= 4 is 0 Å². The summed E-state index contributed by atoms with van der Waals surface area (Å²) in [6.45, 7) is 6.20. The monoisotopic (exact) mass is 197 g/mol. The molecule has 1 saturated carbocycles. The summed E-state index contributed by atoms with van der Waals surface area (Å²) < 4.78 is 0. The molecule has 0 spiro atoms. The zero-order chi connectivity index (χ0) is 10.2. The molecule has 0 amide bonds. The van der Waals surface area contributed by atoms with Crippen LogP contribution in [0.25, 0.3) is 0 Å². The molecule has 3 aliphatic rings. The van der Waals surface area contributed by atoms with Crippen molar-refractivity contribution in [1.29, 1.82) is 0 Å². The van der Waals surface area contributed by atoms with Crippen LogP contribution in [0.15, 0.2) is 0 Å². The molecule has 0 atom stereocenters. The zero-order valence-corrected chi connectivity index (χ0v) is 9.50. The van der Waals surface area contributed by atoms with Crippen molar-refractivity contribution < 1.29 is 5.11 Å². The van der Waals surface area contributed by atoms with Crippen LogP contribution in [0.3, 0.4) is 0 Å². The van der Waals surface area contributed by atoms with Gasteiger partial charge in [0.1, 0.15) is 0 Å². The van der Waals surface area contributed by atoms with E-state index in [-0.39, 0.29) is 0 Å². The fourth-order valence-corrected chi connectivity index (χ4v) is 2.86. The minimum absolute atomic E-state index is 0.489. The number of fused-ring (bicyclic) bond motifs is 3. The lowest BCUT2D eigenvalue weighted by Crippen LogP contribution is -2.49. The van der Waals surface area contributed by atoms with Crippen molar-refractivity contribution in [3.8, 4) is 0 Å². The predicted molar refractivity (Wildman–Crippen MR) is 58.2 cm³/mol. The number of piperidine rings is 2. The first-order chi connectivity index (χ1) is 6.54. The molecule has 14 heavy (non-hydrogen) atoms. The summed E-state index contributed by atoms with van der Waals surface area (Å²) in [4.78, 5) is 2.61. The number of hydrogen-bond acceptors (Lipinski definition) is 2. The van der Waals surface area contributed by atoms with Crippen LogP contribution in [0.2, 0.25) is 0 Å². The van der Waals surface area contributed by atoms with E-state index in [0.717, 1.165) is 24.9 Å². The highest BCUT2D eigenvalue weighted by Crippen LogP contribution is 2.35. The van der Waals surface area contributed by atoms with Gasteiger partial charge in [-0.3, -0.25) is 0 Å². The van der Waals surface area contributed by atoms with Gasteiger partial charge in [0.05, 0.1) is 5.60 Å². The van der Waals surface area contributed by atoms with Gasteiger partial charge < -0.3 is 10.0 Å². The molecule has 82 valence electrons. The van der Waals surface area contributed by atoms with E-state index in [2.05, 4.69) is 4.90 Å². The summed E-state index contributed by atoms with van der Waals surface area (Å²) in [6, 6.07) is 0.836. The lowest BCUT2D eigenvalue weighted by atomic mass is 9.80. The third-order valence-electron chi connectivity index (χ3n) is 3.84. The van der Waals surface area contributed by atoms with Crippen LogP contribution >= 0.6 is 0 Å². The Balaban J connectivity index is 1.81. The second-order valence-corrected chi connectivity index (χ2v) is 5.73. The molecule has 0 aromatic heterocycles. The van der Waals surface area contributed by atoms with Crippen molar-refractivity contribution in [2.75, 3.05) is 13.1 Å². The van der Waals surface area contributed by atoms with Crippen LogP contribution in [0.5, 0.6) is 0 Å². The van der Waals surface area contributed by atoms with Gasteiger partial charge in [-0.05, 0) is 51.9 Å². The van der Waals surface area contributed by atoms with E-state index in [1.54, 1.807) is 0 Å². The number of hydrogen-bond donors (Lipinski definition) is 1. The van der Waals surface area contributed by atoms with Crippen LogP contribution in [0, 0.1) is 5.92 Å². The van der Waals surface area contributed by atoms with E-state index in [1.165, 1.54) is 32.2 Å². The first-order valence-electron chi connectivity index (χ1n) is 6.01. The molecular formula is C12H23NO. The molecule has 2 nitrogen and oxygen atoms in total. The Hall–Kier alpha value is -0.0800. The molecule has 2 heteroatoms. The lowest BCUT2D eigenvalue weighted by molar-refractivity contribution is 0.0124. The Bertz CT molecular complexity index is 189. The Labute approximate surface area is 87.3 Å². The van der Waals surface area contributed by atoms with Gasteiger partial charge in [0.25, 0.3) is 0 Å². The normalized spacial score (nSPS) is 33.6. The Morgan fingerprint density at radius 2 is 1.86 bits per heavy atom. The average Bonchev–Trinajstić information content (AvgIpc) is 2.16. The van der Waals surface area contributed by atoms with Crippen LogP contribution < -0.4 is 0 Å². The van der Waals surface area contributed by atoms with Crippen molar-refractivity contribution in [2.24, 2.45) is 5.92 Å². The summed E-state index contributed by atoms with van der Waals surface area (Å²) in [5.74, 6) is 0.960. The zero-order valence-electron chi connectivity index (χ0n) is 9.50. The molecule has 1 N–H and O–H groups in total. The molecule has 0 radical (unpaired) electrons. The molecule has 0 aromatic carbocycles. The first kappa shape index (κ1) is 10.4. The average molecular weight is 197 g/mol. The minimum atomic E-state index is -0.489. The summed E-state index contributed by atoms with van der Waals surface area (Å²) in [7, 11) is 0. The molecule has 0 unspecified atom stereocenters. The predicted octanol–water partition coefficient (Wildman–Crippen LogP) is 2.02. The fourth-order valence-electron chi connectivity index (χ4n) is 2.86. The highest BCUT2D eigenvalue weighted by atomic mass is 16.3. The maximum Gasteiger partial charge on any atom is 0.0603 e. The standard InChI is InChI=1S/C12H23NO/c1-12(2,14)7-8-13-9-10-3-5-11(13)6-4-10/h10-11,14H,3-9H2,1-2H3. The quantitative estimate of drug-likeness (QED) is 0.748. The highest BCUT2D eigenvalue weighted by Gasteiger charge is 2.33. The molecule has 2 bridgehead atoms. The van der Waals surface area contributed by atoms with Crippen molar-refractivity contribution in [3.63, 3.8) is 0 Å². The van der Waals surface area contributed by atoms with Gasteiger partial charge in [-0.25, -0.2) is 0 Å². The van der Waals surface area contributed by atoms with E-state index in [1.807, 2.05) is 13.8 Å². The smallest absolute Gasteiger partial charge is 0.0603 e. The van der Waals surface area contributed by atoms with Gasteiger partial charge in [0, 0.05) is 19.1 Å². The maximum atomic E-state index is 9.69. The summed E-state index contributed by atoms with van der Waals surface area (Å²) in [6.07, 6.45) is 6.61. The molecule has 2 heterocycles. The van der Waals surface area contributed by atoms with E-state index >= 15 is 0 Å². The van der Waals surface area contributed by atoms with E-state index in [0.29, 0.717) is 0 Å². The SMILES string of the molecule is CC(C)(O)CCN1CC2CCC1CC2. The first-order valence-corrected chi connectivity index (χ1v) is 6.01. The number of nitrogens with zero attached hydrogens (tertiary/aromatic N) is 1. The Morgan fingerprint density at radius 1 is 1.21 bits per heavy atom.